The number of benzene rings is 5. The number of aromatic carboxylic acids is 1. The maximum Gasteiger partial charge on any atom is 0.339 e. The minimum atomic E-state index is -2.82. The zero-order chi connectivity index (χ0) is 39.2. The fourth-order valence-corrected chi connectivity index (χ4v) is 12.0. The Kier molecular flexibility index (Phi) is 12.3. The number of carbonyl (C=O) groups excluding carboxylic acids is 1. The Morgan fingerprint density at radius 2 is 1.31 bits per heavy atom. The molecule has 0 aliphatic rings. The van der Waals surface area contributed by atoms with Gasteiger partial charge in [0.05, 0.1) is 32.3 Å². The van der Waals surface area contributed by atoms with Gasteiger partial charge in [-0.1, -0.05) is 125 Å². The molecule has 0 heterocycles. The summed E-state index contributed by atoms with van der Waals surface area (Å²) in [5, 5.41) is 13.0. The van der Waals surface area contributed by atoms with Crippen molar-refractivity contribution in [2.45, 2.75) is 53.2 Å². The van der Waals surface area contributed by atoms with Gasteiger partial charge in [0.1, 0.15) is 35.2 Å². The largest absolute Gasteiger partial charge is 0.496 e. The molecule has 5 aromatic carbocycles. The van der Waals surface area contributed by atoms with Crippen LogP contribution in [-0.2, 0) is 11.0 Å². The Morgan fingerprint density at radius 1 is 0.778 bits per heavy atom. The molecule has 0 bridgehead atoms. The first-order valence-electron chi connectivity index (χ1n) is 18.0. The molecule has 0 amide bonds. The Hall–Kier alpha value is -5.38. The minimum absolute atomic E-state index is 0.0508. The van der Waals surface area contributed by atoms with Gasteiger partial charge in [-0.3, -0.25) is 4.79 Å². The van der Waals surface area contributed by atoms with Gasteiger partial charge in [-0.15, -0.1) is 0 Å². The van der Waals surface area contributed by atoms with Crippen LogP contribution < -0.4 is 29.3 Å². The Labute approximate surface area is 319 Å². The van der Waals surface area contributed by atoms with E-state index >= 15 is 0 Å². The topological polar surface area (TPSA) is 101 Å². The molecule has 8 nitrogen and oxygen atoms in total. The van der Waals surface area contributed by atoms with Crippen molar-refractivity contribution in [1.29, 1.82) is 0 Å². The van der Waals surface area contributed by atoms with Crippen molar-refractivity contribution in [1.82, 2.24) is 0 Å². The number of hydrogen-bond donors (Lipinski definition) is 1. The average Bonchev–Trinajstić information content (AvgIpc) is 3.17. The van der Waals surface area contributed by atoms with E-state index < -0.39 is 14.3 Å². The molecule has 0 saturated carbocycles. The maximum absolute atomic E-state index is 14.8. The molecule has 54 heavy (non-hydrogen) atoms. The molecule has 0 aromatic heterocycles. The van der Waals surface area contributed by atoms with Crippen LogP contribution in [0.15, 0.2) is 109 Å². The number of fused-ring (bicyclic) bond motifs is 1. The SMILES string of the molecule is COc1c(C)c(OCc2ccccc2)c2c(OC)c(C(=O)O)cc(OC)c2c1C(=O)/C(C)=C/[C@H](C)CO[Si](c1ccccc1)(c1ccccc1)C(C)(C)C. The van der Waals surface area contributed by atoms with Crippen LogP contribution in [0.3, 0.4) is 0 Å². The summed E-state index contributed by atoms with van der Waals surface area (Å²) >= 11 is 0. The van der Waals surface area contributed by atoms with Gasteiger partial charge in [-0.05, 0) is 52.4 Å². The highest BCUT2D eigenvalue weighted by atomic mass is 28.4. The molecule has 0 aliphatic heterocycles. The van der Waals surface area contributed by atoms with E-state index in [9.17, 15) is 14.7 Å². The van der Waals surface area contributed by atoms with Crippen LogP contribution in [0.2, 0.25) is 5.04 Å². The highest BCUT2D eigenvalue weighted by Gasteiger charge is 2.50. The van der Waals surface area contributed by atoms with Gasteiger partial charge in [0, 0.05) is 17.6 Å². The maximum atomic E-state index is 14.8. The zero-order valence-electron chi connectivity index (χ0n) is 32.6. The summed E-state index contributed by atoms with van der Waals surface area (Å²) in [6.45, 7) is 12.9. The number of rotatable bonds is 15. The van der Waals surface area contributed by atoms with E-state index in [1.165, 1.54) is 37.8 Å². The molecule has 9 heteroatoms. The molecule has 1 atom stereocenters. The van der Waals surface area contributed by atoms with E-state index in [0.717, 1.165) is 5.56 Å². The molecule has 0 saturated heterocycles. The summed E-state index contributed by atoms with van der Waals surface area (Å²) in [5.74, 6) is -0.835. The molecular formula is C45H50O8Si. The number of ether oxygens (including phenoxy) is 4. The van der Waals surface area contributed by atoms with Crippen molar-refractivity contribution in [2.24, 2.45) is 5.92 Å². The van der Waals surface area contributed by atoms with E-state index in [4.69, 9.17) is 23.4 Å². The highest BCUT2D eigenvalue weighted by Crippen LogP contribution is 2.50. The smallest absolute Gasteiger partial charge is 0.339 e. The monoisotopic (exact) mass is 746 g/mol. The second kappa shape index (κ2) is 16.7. The molecule has 0 spiro atoms. The minimum Gasteiger partial charge on any atom is -0.496 e. The normalized spacial score (nSPS) is 12.6. The van der Waals surface area contributed by atoms with Crippen molar-refractivity contribution >= 4 is 41.2 Å². The summed E-state index contributed by atoms with van der Waals surface area (Å²) < 4.78 is 31.2. The summed E-state index contributed by atoms with van der Waals surface area (Å²) in [6, 6.07) is 31.9. The summed E-state index contributed by atoms with van der Waals surface area (Å²) in [5.41, 5.74) is 1.98. The lowest BCUT2D eigenvalue weighted by atomic mass is 9.90. The fourth-order valence-electron chi connectivity index (χ4n) is 7.38. The number of carboxylic acid groups (broad SMARTS) is 1. The van der Waals surface area contributed by atoms with Crippen LogP contribution in [0.25, 0.3) is 10.8 Å². The first kappa shape index (κ1) is 39.8. The van der Waals surface area contributed by atoms with Crippen LogP contribution in [0, 0.1) is 12.8 Å². The molecular weight excluding hydrogens is 697 g/mol. The summed E-state index contributed by atoms with van der Waals surface area (Å²) in [7, 11) is 1.52. The van der Waals surface area contributed by atoms with Gasteiger partial charge in [-0.2, -0.15) is 0 Å². The Balaban J connectivity index is 1.63. The summed E-state index contributed by atoms with van der Waals surface area (Å²) in [6.07, 6.45) is 1.93. The lowest BCUT2D eigenvalue weighted by Crippen LogP contribution is -2.66. The van der Waals surface area contributed by atoms with E-state index in [1.54, 1.807) is 13.8 Å². The van der Waals surface area contributed by atoms with Crippen molar-refractivity contribution in [2.75, 3.05) is 27.9 Å². The molecule has 282 valence electrons. The van der Waals surface area contributed by atoms with Gasteiger partial charge in [0.15, 0.2) is 5.78 Å². The number of hydrogen-bond acceptors (Lipinski definition) is 7. The molecule has 1 N–H and O–H groups in total. The zero-order valence-corrected chi connectivity index (χ0v) is 33.6. The number of methoxy groups -OCH3 is 3. The highest BCUT2D eigenvalue weighted by molar-refractivity contribution is 6.99. The number of ketones is 1. The second-order valence-corrected chi connectivity index (χ2v) is 18.8. The third-order valence-electron chi connectivity index (χ3n) is 9.81. The van der Waals surface area contributed by atoms with Crippen molar-refractivity contribution in [3.05, 3.63) is 131 Å². The van der Waals surface area contributed by atoms with Crippen LogP contribution in [-0.4, -0.2) is 53.1 Å². The van der Waals surface area contributed by atoms with Crippen LogP contribution in [0.4, 0.5) is 0 Å². The predicted molar refractivity (Wildman–Crippen MR) is 217 cm³/mol. The van der Waals surface area contributed by atoms with Crippen LogP contribution in [0.1, 0.15) is 66.5 Å². The first-order chi connectivity index (χ1) is 25.8. The van der Waals surface area contributed by atoms with E-state index in [1.807, 2.05) is 55.5 Å². The van der Waals surface area contributed by atoms with Gasteiger partial charge in [0.2, 0.25) is 0 Å². The van der Waals surface area contributed by atoms with Gasteiger partial charge in [0.25, 0.3) is 8.32 Å². The molecule has 0 radical (unpaired) electrons. The van der Waals surface area contributed by atoms with Gasteiger partial charge < -0.3 is 28.5 Å². The number of allylic oxidation sites excluding steroid dienone is 1. The van der Waals surface area contributed by atoms with Crippen LogP contribution in [0.5, 0.6) is 23.0 Å². The average molecular weight is 747 g/mol. The molecule has 0 aliphatic carbocycles. The lowest BCUT2D eigenvalue weighted by Gasteiger charge is -2.43. The summed E-state index contributed by atoms with van der Waals surface area (Å²) in [4.78, 5) is 27.3. The molecule has 5 aromatic rings. The Morgan fingerprint density at radius 3 is 1.80 bits per heavy atom. The fraction of sp³-hybridized carbons (Fsp3) is 0.289. The first-order valence-corrected chi connectivity index (χ1v) is 19.9. The van der Waals surface area contributed by atoms with Gasteiger partial charge in [-0.25, -0.2) is 4.79 Å². The quantitative estimate of drug-likeness (QED) is 0.0645. The number of Topliss-reactive ketones (excluding diaryl/α,β-unsaturated/α-hetero) is 1. The van der Waals surface area contributed by atoms with Crippen LogP contribution >= 0.6 is 0 Å². The van der Waals surface area contributed by atoms with Crippen molar-refractivity contribution in [3.63, 3.8) is 0 Å². The lowest BCUT2D eigenvalue weighted by molar-refractivity contribution is 0.0693. The Bertz CT molecular complexity index is 2100. The third kappa shape index (κ3) is 7.65. The molecule has 5 rings (SSSR count). The number of carbonyl (C=O) groups is 2. The molecule has 0 fully saturated rings. The van der Waals surface area contributed by atoms with E-state index in [-0.39, 0.29) is 46.0 Å². The van der Waals surface area contributed by atoms with E-state index in [0.29, 0.717) is 40.0 Å². The van der Waals surface area contributed by atoms with E-state index in [2.05, 4.69) is 69.3 Å². The van der Waals surface area contributed by atoms with Crippen molar-refractivity contribution in [3.8, 4) is 23.0 Å². The standard InChI is InChI=1S/C45H50O8Si/c1-29(27-53-54(45(4,5)6,33-21-15-11-16-22-33)34-23-17-12-18-24-34)25-30(2)40(46)38-37-36(49-7)26-35(44(47)48)43(51-9)39(37)42(31(3)41(38)50-8)52-28-32-19-13-10-14-20-32/h10-26,29H,27-28H2,1-9H3,(H,47,48)/b30-25+/t29-/m0/s1. The second-order valence-electron chi connectivity index (χ2n) is 14.5. The molecule has 0 unspecified atom stereocenters. The van der Waals surface area contributed by atoms with Crippen molar-refractivity contribution < 1.29 is 38.1 Å². The third-order valence-corrected chi connectivity index (χ3v) is 14.8. The van der Waals surface area contributed by atoms with Gasteiger partial charge >= 0.3 is 5.97 Å². The number of carboxylic acids is 1. The predicted octanol–water partition coefficient (Wildman–Crippen LogP) is 8.79.